The Kier molecular flexibility index (Phi) is 3.99. The first-order valence-corrected chi connectivity index (χ1v) is 10.5. The zero-order valence-electron chi connectivity index (χ0n) is 17.0. The van der Waals surface area contributed by atoms with E-state index in [2.05, 4.69) is 25.3 Å². The van der Waals surface area contributed by atoms with Crippen LogP contribution in [0.4, 0.5) is 10.3 Å². The van der Waals surface area contributed by atoms with E-state index >= 15 is 0 Å². The third-order valence-electron chi connectivity index (χ3n) is 6.72. The number of nitrogens with zero attached hydrogens (tertiary/aromatic N) is 5. The summed E-state index contributed by atoms with van der Waals surface area (Å²) in [5.41, 5.74) is 2.59. The number of carbonyl (C=O) groups is 1. The summed E-state index contributed by atoms with van der Waals surface area (Å²) in [7, 11) is 0. The number of aromatic amines is 1. The first-order chi connectivity index (χ1) is 15.0. The Hall–Kier alpha value is -3.49. The molecule has 4 aromatic rings. The number of likely N-dealkylation sites (tertiary alicyclic amines) is 1. The number of halogens is 1. The molecule has 31 heavy (non-hydrogen) atoms. The highest BCUT2D eigenvalue weighted by molar-refractivity contribution is 5.93. The summed E-state index contributed by atoms with van der Waals surface area (Å²) in [5.74, 6) is 1.49. The second-order valence-electron chi connectivity index (χ2n) is 8.65. The third-order valence-corrected chi connectivity index (χ3v) is 6.72. The summed E-state index contributed by atoms with van der Waals surface area (Å²) in [5, 5.41) is 4.30. The molecule has 9 heteroatoms. The highest BCUT2D eigenvalue weighted by Gasteiger charge is 2.41. The quantitative estimate of drug-likeness (QED) is 0.533. The minimum Gasteiger partial charge on any atom is -0.351 e. The van der Waals surface area contributed by atoms with Crippen molar-refractivity contribution in [2.45, 2.75) is 25.8 Å². The monoisotopic (exact) mass is 419 g/mol. The van der Waals surface area contributed by atoms with Gasteiger partial charge in [-0.1, -0.05) is 0 Å². The van der Waals surface area contributed by atoms with Crippen LogP contribution < -0.4 is 5.32 Å². The van der Waals surface area contributed by atoms with Gasteiger partial charge >= 0.3 is 0 Å². The molecule has 1 saturated carbocycles. The van der Waals surface area contributed by atoms with E-state index in [4.69, 9.17) is 0 Å². The lowest BCUT2D eigenvalue weighted by molar-refractivity contribution is -0.128. The summed E-state index contributed by atoms with van der Waals surface area (Å²) in [4.78, 5) is 29.9. The summed E-state index contributed by atoms with van der Waals surface area (Å²) in [6.45, 7) is 3.36. The van der Waals surface area contributed by atoms with E-state index in [0.717, 1.165) is 42.4 Å². The van der Waals surface area contributed by atoms with Gasteiger partial charge in [0.05, 0.1) is 0 Å². The molecule has 158 valence electrons. The summed E-state index contributed by atoms with van der Waals surface area (Å²) in [6, 6.07) is 1.80. The van der Waals surface area contributed by atoms with Crippen LogP contribution in [0.2, 0.25) is 0 Å². The van der Waals surface area contributed by atoms with E-state index < -0.39 is 0 Å². The van der Waals surface area contributed by atoms with Crippen LogP contribution >= 0.6 is 0 Å². The lowest BCUT2D eigenvalue weighted by Gasteiger charge is -2.18. The molecule has 1 amide bonds. The average molecular weight is 419 g/mol. The predicted molar refractivity (Wildman–Crippen MR) is 114 cm³/mol. The second-order valence-corrected chi connectivity index (χ2v) is 8.65. The highest BCUT2D eigenvalue weighted by Crippen LogP contribution is 2.39. The molecule has 0 radical (unpaired) electrons. The van der Waals surface area contributed by atoms with Crippen LogP contribution in [-0.4, -0.2) is 54.3 Å². The van der Waals surface area contributed by atoms with Crippen molar-refractivity contribution in [3.63, 3.8) is 0 Å². The fraction of sp³-hybridized carbons (Fsp3) is 0.364. The standard InChI is InChI=1S/C22H22FN7O/c1-12(31)30-9-13-4-16(5-14(13)10-30)27-22-26-8-18-17(7-25-20(18)28-22)15-6-19(23)21-24-2-3-29(21)11-15/h2-3,6-8,11,13-14,16H,4-5,9-10H2,1H3,(H2,25,26,27,28)/t13-,14+,16+. The second kappa shape index (κ2) is 6.76. The molecule has 0 bridgehead atoms. The molecule has 2 aliphatic rings. The van der Waals surface area contributed by atoms with Crippen molar-refractivity contribution in [3.05, 3.63) is 42.9 Å². The topological polar surface area (TPSA) is 91.2 Å². The smallest absolute Gasteiger partial charge is 0.224 e. The molecule has 0 aromatic carbocycles. The van der Waals surface area contributed by atoms with Gasteiger partial charge in [-0.05, 0) is 30.7 Å². The van der Waals surface area contributed by atoms with E-state index in [1.165, 1.54) is 6.07 Å². The number of hydrogen-bond donors (Lipinski definition) is 2. The molecule has 1 aliphatic heterocycles. The maximum absolute atomic E-state index is 14.4. The number of rotatable bonds is 3. The SMILES string of the molecule is CC(=O)N1C[C@H]2C[C@H](Nc3ncc4c(-c5cc(F)c6nccn6c5)c[nH]c4n3)C[C@H]2C1. The van der Waals surface area contributed by atoms with Crippen molar-refractivity contribution in [2.75, 3.05) is 18.4 Å². The number of amides is 1. The van der Waals surface area contributed by atoms with Gasteiger partial charge in [0.25, 0.3) is 0 Å². The van der Waals surface area contributed by atoms with Crippen molar-refractivity contribution in [2.24, 2.45) is 11.8 Å². The van der Waals surface area contributed by atoms with Gasteiger partial charge < -0.3 is 19.6 Å². The van der Waals surface area contributed by atoms with E-state index in [1.54, 1.807) is 29.9 Å². The average Bonchev–Trinajstić information content (AvgIpc) is 3.49. The number of pyridine rings is 1. The minimum absolute atomic E-state index is 0.169. The summed E-state index contributed by atoms with van der Waals surface area (Å²) in [6.07, 6.45) is 10.8. The van der Waals surface area contributed by atoms with Crippen molar-refractivity contribution >= 4 is 28.5 Å². The van der Waals surface area contributed by atoms with Gasteiger partial charge in [-0.15, -0.1) is 0 Å². The first kappa shape index (κ1) is 18.3. The van der Waals surface area contributed by atoms with Crippen LogP contribution in [0.15, 0.2) is 37.1 Å². The Morgan fingerprint density at radius 1 is 1.26 bits per heavy atom. The first-order valence-electron chi connectivity index (χ1n) is 10.5. The van der Waals surface area contributed by atoms with E-state index in [9.17, 15) is 9.18 Å². The summed E-state index contributed by atoms with van der Waals surface area (Å²) < 4.78 is 16.0. The fourth-order valence-electron chi connectivity index (χ4n) is 5.21. The van der Waals surface area contributed by atoms with Crippen molar-refractivity contribution in [3.8, 4) is 11.1 Å². The van der Waals surface area contributed by atoms with Crippen molar-refractivity contribution in [1.29, 1.82) is 0 Å². The zero-order valence-corrected chi connectivity index (χ0v) is 17.0. The Labute approximate surface area is 177 Å². The number of H-pyrrole nitrogens is 1. The maximum atomic E-state index is 14.4. The Morgan fingerprint density at radius 3 is 2.84 bits per heavy atom. The number of hydrogen-bond acceptors (Lipinski definition) is 5. The molecule has 3 atom stereocenters. The van der Waals surface area contributed by atoms with Gasteiger partial charge in [0, 0.05) is 73.6 Å². The van der Waals surface area contributed by atoms with Gasteiger partial charge in [0.15, 0.2) is 11.5 Å². The Balaban J connectivity index is 1.22. The number of carbonyl (C=O) groups excluding carboxylic acids is 1. The lowest BCUT2D eigenvalue weighted by Crippen LogP contribution is -2.29. The molecule has 2 fully saturated rings. The number of anilines is 1. The maximum Gasteiger partial charge on any atom is 0.224 e. The molecule has 1 saturated heterocycles. The lowest BCUT2D eigenvalue weighted by atomic mass is 10.0. The van der Waals surface area contributed by atoms with Gasteiger partial charge in [0.1, 0.15) is 5.65 Å². The van der Waals surface area contributed by atoms with Crippen LogP contribution in [0, 0.1) is 17.7 Å². The van der Waals surface area contributed by atoms with Crippen molar-refractivity contribution < 1.29 is 9.18 Å². The van der Waals surface area contributed by atoms with Crippen LogP contribution in [0.1, 0.15) is 19.8 Å². The molecule has 5 heterocycles. The van der Waals surface area contributed by atoms with Crippen LogP contribution in [0.5, 0.6) is 0 Å². The number of aromatic nitrogens is 5. The fourth-order valence-corrected chi connectivity index (χ4v) is 5.21. The molecule has 8 nitrogen and oxygen atoms in total. The van der Waals surface area contributed by atoms with Crippen LogP contribution in [0.3, 0.4) is 0 Å². The summed E-state index contributed by atoms with van der Waals surface area (Å²) >= 11 is 0. The van der Waals surface area contributed by atoms with Crippen LogP contribution in [-0.2, 0) is 4.79 Å². The van der Waals surface area contributed by atoms with Gasteiger partial charge in [-0.25, -0.2) is 14.4 Å². The molecular weight excluding hydrogens is 397 g/mol. The van der Waals surface area contributed by atoms with Gasteiger partial charge in [0.2, 0.25) is 11.9 Å². The predicted octanol–water partition coefficient (Wildman–Crippen LogP) is 3.08. The van der Waals surface area contributed by atoms with E-state index in [1.807, 2.05) is 17.3 Å². The van der Waals surface area contributed by atoms with Crippen molar-refractivity contribution in [1.82, 2.24) is 29.2 Å². The molecule has 6 rings (SSSR count). The molecule has 4 aromatic heterocycles. The third kappa shape index (κ3) is 3.03. The number of fused-ring (bicyclic) bond motifs is 3. The largest absolute Gasteiger partial charge is 0.351 e. The molecule has 0 unspecified atom stereocenters. The molecule has 0 spiro atoms. The number of nitrogens with one attached hydrogen (secondary N) is 2. The highest BCUT2D eigenvalue weighted by atomic mass is 19.1. The van der Waals surface area contributed by atoms with Crippen LogP contribution in [0.25, 0.3) is 27.8 Å². The van der Waals surface area contributed by atoms with Gasteiger partial charge in [-0.2, -0.15) is 4.98 Å². The molecule has 1 aliphatic carbocycles. The Bertz CT molecular complexity index is 1300. The van der Waals surface area contributed by atoms with Gasteiger partial charge in [-0.3, -0.25) is 4.79 Å². The van der Waals surface area contributed by atoms with E-state index in [-0.39, 0.29) is 11.7 Å². The normalized spacial score (nSPS) is 23.0. The number of imidazole rings is 1. The van der Waals surface area contributed by atoms with E-state index in [0.29, 0.717) is 35.1 Å². The molecular formula is C22H22FN7O. The molecule has 2 N–H and O–H groups in total. The zero-order chi connectivity index (χ0) is 21.1. The Morgan fingerprint density at radius 2 is 2.06 bits per heavy atom. The minimum atomic E-state index is -0.369.